The van der Waals surface area contributed by atoms with E-state index >= 15 is 0 Å². The van der Waals surface area contributed by atoms with Crippen molar-refractivity contribution in [3.8, 4) is 0 Å². The third-order valence-electron chi connectivity index (χ3n) is 4.25. The fraction of sp³-hybridized carbons (Fsp3) is 0.318. The van der Waals surface area contributed by atoms with Gasteiger partial charge in [-0.25, -0.2) is 4.79 Å². The van der Waals surface area contributed by atoms with E-state index in [4.69, 9.17) is 5.11 Å². The van der Waals surface area contributed by atoms with Gasteiger partial charge in [-0.15, -0.1) is 0 Å². The molecule has 0 atom stereocenters. The van der Waals surface area contributed by atoms with Crippen LogP contribution >= 0.6 is 0 Å². The largest absolute Gasteiger partial charge is 0.478 e. The molecule has 6 heteroatoms. The summed E-state index contributed by atoms with van der Waals surface area (Å²) in [4.78, 5) is 35.0. The number of hydrogen-bond acceptors (Lipinski definition) is 3. The highest BCUT2D eigenvalue weighted by Gasteiger charge is 2.20. The molecule has 0 aliphatic rings. The highest BCUT2D eigenvalue weighted by molar-refractivity contribution is 5.94. The number of benzene rings is 2. The minimum absolute atomic E-state index is 0.0225. The molecule has 6 nitrogen and oxygen atoms in total. The predicted octanol–water partition coefficient (Wildman–Crippen LogP) is 3.02. The van der Waals surface area contributed by atoms with Crippen molar-refractivity contribution in [1.29, 1.82) is 0 Å². The Labute approximate surface area is 165 Å². The number of carboxylic acid groups (broad SMARTS) is 1. The average molecular weight is 382 g/mol. The van der Waals surface area contributed by atoms with Crippen molar-refractivity contribution < 1.29 is 19.5 Å². The summed E-state index contributed by atoms with van der Waals surface area (Å²) >= 11 is 0. The smallest absolute Gasteiger partial charge is 0.335 e. The van der Waals surface area contributed by atoms with Crippen LogP contribution in [0.3, 0.4) is 0 Å². The lowest BCUT2D eigenvalue weighted by molar-refractivity contribution is -0.128. The van der Waals surface area contributed by atoms with Crippen molar-refractivity contribution in [1.82, 2.24) is 10.6 Å². The highest BCUT2D eigenvalue weighted by Crippen LogP contribution is 2.13. The van der Waals surface area contributed by atoms with Gasteiger partial charge in [-0.05, 0) is 41.8 Å². The van der Waals surface area contributed by atoms with E-state index in [0.717, 1.165) is 11.1 Å². The van der Waals surface area contributed by atoms with Crippen molar-refractivity contribution in [2.75, 3.05) is 6.54 Å². The standard InChI is InChI=1S/C22H26N2O4/c1-22(2,3)21(28)24-14-16-6-8-17(9-7-16)19(25)23-13-12-15-4-10-18(11-5-15)20(26)27/h4-11H,12-14H2,1-3H3,(H,23,25)(H,24,28)(H,26,27). The van der Waals surface area contributed by atoms with Crippen molar-refractivity contribution in [2.45, 2.75) is 33.7 Å². The normalized spacial score (nSPS) is 11.0. The minimum atomic E-state index is -0.957. The van der Waals surface area contributed by atoms with Crippen LogP contribution < -0.4 is 10.6 Å². The lowest BCUT2D eigenvalue weighted by Gasteiger charge is -2.17. The Bertz CT molecular complexity index is 834. The maximum Gasteiger partial charge on any atom is 0.335 e. The molecule has 0 saturated heterocycles. The summed E-state index contributed by atoms with van der Waals surface area (Å²) < 4.78 is 0. The SMILES string of the molecule is CC(C)(C)C(=O)NCc1ccc(C(=O)NCCc2ccc(C(=O)O)cc2)cc1. The first-order valence-electron chi connectivity index (χ1n) is 9.14. The van der Waals surface area contributed by atoms with Gasteiger partial charge in [0.1, 0.15) is 0 Å². The first-order chi connectivity index (χ1) is 13.2. The summed E-state index contributed by atoms with van der Waals surface area (Å²) in [6, 6.07) is 13.7. The van der Waals surface area contributed by atoms with Gasteiger partial charge in [-0.1, -0.05) is 45.0 Å². The first-order valence-corrected chi connectivity index (χ1v) is 9.14. The van der Waals surface area contributed by atoms with Crippen molar-refractivity contribution in [2.24, 2.45) is 5.41 Å². The zero-order valence-corrected chi connectivity index (χ0v) is 16.4. The number of rotatable bonds is 7. The Morgan fingerprint density at radius 3 is 1.89 bits per heavy atom. The summed E-state index contributed by atoms with van der Waals surface area (Å²) in [6.07, 6.45) is 0.614. The number of nitrogens with one attached hydrogen (secondary N) is 2. The maximum absolute atomic E-state index is 12.2. The van der Waals surface area contributed by atoms with Crippen LogP contribution in [0.25, 0.3) is 0 Å². The van der Waals surface area contributed by atoms with E-state index in [1.807, 2.05) is 32.9 Å². The lowest BCUT2D eigenvalue weighted by atomic mass is 9.95. The van der Waals surface area contributed by atoms with Crippen LogP contribution in [-0.4, -0.2) is 29.4 Å². The number of carbonyl (C=O) groups excluding carboxylic acids is 2. The highest BCUT2D eigenvalue weighted by atomic mass is 16.4. The van der Waals surface area contributed by atoms with Crippen molar-refractivity contribution in [3.63, 3.8) is 0 Å². The van der Waals surface area contributed by atoms with Gasteiger partial charge in [0.2, 0.25) is 5.91 Å². The third-order valence-corrected chi connectivity index (χ3v) is 4.25. The molecule has 0 unspecified atom stereocenters. The molecule has 28 heavy (non-hydrogen) atoms. The Morgan fingerprint density at radius 2 is 1.36 bits per heavy atom. The molecule has 0 saturated carbocycles. The molecular formula is C22H26N2O4. The number of amides is 2. The van der Waals surface area contributed by atoms with E-state index in [1.165, 1.54) is 0 Å². The van der Waals surface area contributed by atoms with Crippen LogP contribution in [-0.2, 0) is 17.8 Å². The molecule has 2 amide bonds. The molecule has 0 heterocycles. The minimum Gasteiger partial charge on any atom is -0.478 e. The third kappa shape index (κ3) is 6.23. The summed E-state index contributed by atoms with van der Waals surface area (Å²) in [5.41, 5.74) is 2.23. The summed E-state index contributed by atoms with van der Waals surface area (Å²) in [5.74, 6) is -1.15. The number of hydrogen-bond donors (Lipinski definition) is 3. The molecular weight excluding hydrogens is 356 g/mol. The maximum atomic E-state index is 12.2. The molecule has 0 aliphatic carbocycles. The van der Waals surface area contributed by atoms with Gasteiger partial charge in [-0.2, -0.15) is 0 Å². The zero-order chi connectivity index (χ0) is 20.7. The van der Waals surface area contributed by atoms with Gasteiger partial charge in [0.25, 0.3) is 5.91 Å². The predicted molar refractivity (Wildman–Crippen MR) is 107 cm³/mol. The molecule has 2 aromatic carbocycles. The number of carbonyl (C=O) groups is 3. The van der Waals surface area contributed by atoms with E-state index in [2.05, 4.69) is 10.6 Å². The zero-order valence-electron chi connectivity index (χ0n) is 16.4. The fourth-order valence-corrected chi connectivity index (χ4v) is 2.46. The van der Waals surface area contributed by atoms with Crippen LogP contribution in [0.5, 0.6) is 0 Å². The van der Waals surface area contributed by atoms with Gasteiger partial charge < -0.3 is 15.7 Å². The van der Waals surface area contributed by atoms with Crippen LogP contribution in [0.15, 0.2) is 48.5 Å². The summed E-state index contributed by atoms with van der Waals surface area (Å²) in [6.45, 7) is 6.45. The molecule has 0 aliphatic heterocycles. The molecule has 0 bridgehead atoms. The fourth-order valence-electron chi connectivity index (χ4n) is 2.46. The molecule has 2 rings (SSSR count). The molecule has 0 spiro atoms. The molecule has 0 radical (unpaired) electrons. The van der Waals surface area contributed by atoms with E-state index in [9.17, 15) is 14.4 Å². The Balaban J connectivity index is 1.81. The van der Waals surface area contributed by atoms with Crippen LogP contribution in [0.4, 0.5) is 0 Å². The van der Waals surface area contributed by atoms with Crippen molar-refractivity contribution in [3.05, 3.63) is 70.8 Å². The second-order valence-corrected chi connectivity index (χ2v) is 7.64. The summed E-state index contributed by atoms with van der Waals surface area (Å²) in [5, 5.41) is 14.6. The first kappa shape index (κ1) is 21.2. The molecule has 0 aromatic heterocycles. The molecule has 0 fully saturated rings. The monoisotopic (exact) mass is 382 g/mol. The Morgan fingerprint density at radius 1 is 0.821 bits per heavy atom. The number of carboxylic acids is 1. The topological polar surface area (TPSA) is 95.5 Å². The van der Waals surface area contributed by atoms with E-state index in [-0.39, 0.29) is 17.4 Å². The quantitative estimate of drug-likeness (QED) is 0.686. The Hall–Kier alpha value is -3.15. The van der Waals surface area contributed by atoms with Crippen molar-refractivity contribution >= 4 is 17.8 Å². The lowest BCUT2D eigenvalue weighted by Crippen LogP contribution is -2.34. The molecule has 3 N–H and O–H groups in total. The van der Waals surface area contributed by atoms with Crippen LogP contribution in [0, 0.1) is 5.41 Å². The Kier molecular flexibility index (Phi) is 6.93. The van der Waals surface area contributed by atoms with E-state index < -0.39 is 11.4 Å². The van der Waals surface area contributed by atoms with Gasteiger partial charge in [0.15, 0.2) is 0 Å². The summed E-state index contributed by atoms with van der Waals surface area (Å²) in [7, 11) is 0. The second-order valence-electron chi connectivity index (χ2n) is 7.64. The van der Waals surface area contributed by atoms with E-state index in [1.54, 1.807) is 36.4 Å². The molecule has 148 valence electrons. The van der Waals surface area contributed by atoms with E-state index in [0.29, 0.717) is 25.1 Å². The van der Waals surface area contributed by atoms with Crippen LogP contribution in [0.1, 0.15) is 52.6 Å². The molecule has 2 aromatic rings. The second kappa shape index (κ2) is 9.17. The van der Waals surface area contributed by atoms with Gasteiger partial charge in [-0.3, -0.25) is 9.59 Å². The van der Waals surface area contributed by atoms with Gasteiger partial charge in [0, 0.05) is 24.1 Å². The van der Waals surface area contributed by atoms with Gasteiger partial charge >= 0.3 is 5.97 Å². The van der Waals surface area contributed by atoms with Gasteiger partial charge in [0.05, 0.1) is 5.56 Å². The average Bonchev–Trinajstić information content (AvgIpc) is 2.66. The van der Waals surface area contributed by atoms with Crippen LogP contribution in [0.2, 0.25) is 0 Å². The number of aromatic carboxylic acids is 1.